The van der Waals surface area contributed by atoms with Crippen molar-refractivity contribution in [2.75, 3.05) is 18.4 Å². The summed E-state index contributed by atoms with van der Waals surface area (Å²) in [6.45, 7) is 3.73. The average Bonchev–Trinajstić information content (AvgIpc) is 2.62. The summed E-state index contributed by atoms with van der Waals surface area (Å²) in [4.78, 5) is 14.3. The fourth-order valence-corrected chi connectivity index (χ4v) is 2.82. The minimum atomic E-state index is -0.0565. The van der Waals surface area contributed by atoms with Gasteiger partial charge in [0, 0.05) is 18.8 Å². The Morgan fingerprint density at radius 2 is 2.04 bits per heavy atom. The molecule has 2 aromatic rings. The SMILES string of the molecule is CC1CCCN(C(=O)c2ccc(Nc3ccc(C#N)cc3)nn2)C1. The molecule has 1 saturated heterocycles. The van der Waals surface area contributed by atoms with Gasteiger partial charge in [-0.2, -0.15) is 5.26 Å². The van der Waals surface area contributed by atoms with Crippen molar-refractivity contribution in [3.05, 3.63) is 47.7 Å². The Kier molecular flexibility index (Phi) is 4.71. The number of nitrogens with zero attached hydrogens (tertiary/aromatic N) is 4. The number of benzene rings is 1. The first kappa shape index (κ1) is 15.9. The minimum Gasteiger partial charge on any atom is -0.339 e. The maximum Gasteiger partial charge on any atom is 0.274 e. The van der Waals surface area contributed by atoms with E-state index in [2.05, 4.69) is 28.5 Å². The van der Waals surface area contributed by atoms with Crippen LogP contribution in [0.15, 0.2) is 36.4 Å². The number of amides is 1. The van der Waals surface area contributed by atoms with Gasteiger partial charge in [0.25, 0.3) is 5.91 Å². The number of rotatable bonds is 3. The van der Waals surface area contributed by atoms with E-state index in [1.165, 1.54) is 6.42 Å². The van der Waals surface area contributed by atoms with Crippen LogP contribution in [0.2, 0.25) is 0 Å². The molecule has 3 rings (SSSR count). The molecular weight excluding hydrogens is 302 g/mol. The molecule has 1 N–H and O–H groups in total. The van der Waals surface area contributed by atoms with Crippen molar-refractivity contribution in [1.82, 2.24) is 15.1 Å². The molecule has 1 atom stereocenters. The summed E-state index contributed by atoms with van der Waals surface area (Å²) in [5.41, 5.74) is 1.78. The monoisotopic (exact) mass is 321 g/mol. The van der Waals surface area contributed by atoms with Crippen LogP contribution in [0.5, 0.6) is 0 Å². The lowest BCUT2D eigenvalue weighted by molar-refractivity contribution is 0.0676. The maximum absolute atomic E-state index is 12.5. The van der Waals surface area contributed by atoms with E-state index in [0.717, 1.165) is 25.2 Å². The van der Waals surface area contributed by atoms with Crippen LogP contribution >= 0.6 is 0 Å². The fourth-order valence-electron chi connectivity index (χ4n) is 2.82. The number of aromatic nitrogens is 2. The van der Waals surface area contributed by atoms with Crippen molar-refractivity contribution in [2.45, 2.75) is 19.8 Å². The average molecular weight is 321 g/mol. The van der Waals surface area contributed by atoms with Crippen LogP contribution in [0.4, 0.5) is 11.5 Å². The van der Waals surface area contributed by atoms with E-state index in [4.69, 9.17) is 5.26 Å². The van der Waals surface area contributed by atoms with E-state index in [0.29, 0.717) is 23.0 Å². The van der Waals surface area contributed by atoms with E-state index in [9.17, 15) is 4.79 Å². The van der Waals surface area contributed by atoms with Gasteiger partial charge in [0.05, 0.1) is 11.6 Å². The van der Waals surface area contributed by atoms with Crippen LogP contribution in [0, 0.1) is 17.2 Å². The zero-order chi connectivity index (χ0) is 16.9. The maximum atomic E-state index is 12.5. The number of carbonyl (C=O) groups excluding carboxylic acids is 1. The Hall–Kier alpha value is -2.94. The van der Waals surface area contributed by atoms with Gasteiger partial charge in [-0.25, -0.2) is 0 Å². The van der Waals surface area contributed by atoms with Crippen molar-refractivity contribution < 1.29 is 4.79 Å². The van der Waals surface area contributed by atoms with Crippen LogP contribution in [0.25, 0.3) is 0 Å². The van der Waals surface area contributed by atoms with E-state index >= 15 is 0 Å². The van der Waals surface area contributed by atoms with Crippen LogP contribution < -0.4 is 5.32 Å². The highest BCUT2D eigenvalue weighted by Gasteiger charge is 2.23. The summed E-state index contributed by atoms with van der Waals surface area (Å²) < 4.78 is 0. The lowest BCUT2D eigenvalue weighted by Gasteiger charge is -2.30. The van der Waals surface area contributed by atoms with Gasteiger partial charge in [-0.15, -0.1) is 10.2 Å². The standard InChI is InChI=1S/C18H19N5O/c1-13-3-2-10-23(12-13)18(24)16-8-9-17(22-21-16)20-15-6-4-14(11-19)5-7-15/h4-9,13H,2-3,10,12H2,1H3,(H,20,22). The number of nitrogens with one attached hydrogen (secondary N) is 1. The molecular formula is C18H19N5O. The number of hydrogen-bond donors (Lipinski definition) is 1. The molecule has 0 aliphatic carbocycles. The van der Waals surface area contributed by atoms with Gasteiger partial charge in [0.2, 0.25) is 0 Å². The molecule has 0 spiro atoms. The fraction of sp³-hybridized carbons (Fsp3) is 0.333. The molecule has 0 bridgehead atoms. The van der Waals surface area contributed by atoms with E-state index < -0.39 is 0 Å². The first-order valence-electron chi connectivity index (χ1n) is 8.06. The molecule has 1 aromatic carbocycles. The molecule has 2 heterocycles. The Labute approximate surface area is 141 Å². The first-order chi connectivity index (χ1) is 11.7. The van der Waals surface area contributed by atoms with E-state index in [-0.39, 0.29) is 5.91 Å². The smallest absolute Gasteiger partial charge is 0.274 e. The molecule has 1 unspecified atom stereocenters. The second kappa shape index (κ2) is 7.09. The molecule has 1 amide bonds. The topological polar surface area (TPSA) is 81.9 Å². The number of nitriles is 1. The van der Waals surface area contributed by atoms with Crippen molar-refractivity contribution in [3.63, 3.8) is 0 Å². The second-order valence-electron chi connectivity index (χ2n) is 6.12. The van der Waals surface area contributed by atoms with Crippen LogP contribution in [-0.2, 0) is 0 Å². The summed E-state index contributed by atoms with van der Waals surface area (Å²) in [6.07, 6.45) is 2.21. The third-order valence-electron chi connectivity index (χ3n) is 4.11. The molecule has 24 heavy (non-hydrogen) atoms. The van der Waals surface area contributed by atoms with Crippen LogP contribution in [0.3, 0.4) is 0 Å². The molecule has 0 saturated carbocycles. The van der Waals surface area contributed by atoms with E-state index in [1.807, 2.05) is 4.90 Å². The van der Waals surface area contributed by atoms with Crippen molar-refractivity contribution in [2.24, 2.45) is 5.92 Å². The minimum absolute atomic E-state index is 0.0565. The van der Waals surface area contributed by atoms with Gasteiger partial charge in [0.15, 0.2) is 11.5 Å². The summed E-state index contributed by atoms with van der Waals surface area (Å²) in [6, 6.07) is 12.6. The Bertz CT molecular complexity index is 748. The van der Waals surface area contributed by atoms with Gasteiger partial charge in [-0.3, -0.25) is 4.79 Å². The van der Waals surface area contributed by atoms with Crippen molar-refractivity contribution in [3.8, 4) is 6.07 Å². The Balaban J connectivity index is 1.66. The molecule has 6 heteroatoms. The molecule has 6 nitrogen and oxygen atoms in total. The molecule has 1 aromatic heterocycles. The lowest BCUT2D eigenvalue weighted by atomic mass is 10.00. The zero-order valence-electron chi connectivity index (χ0n) is 13.6. The summed E-state index contributed by atoms with van der Waals surface area (Å²) >= 11 is 0. The van der Waals surface area contributed by atoms with Crippen molar-refractivity contribution in [1.29, 1.82) is 5.26 Å². The van der Waals surface area contributed by atoms with Crippen molar-refractivity contribution >= 4 is 17.4 Å². The largest absolute Gasteiger partial charge is 0.339 e. The molecule has 0 radical (unpaired) electrons. The van der Waals surface area contributed by atoms with Crippen LogP contribution in [-0.4, -0.2) is 34.1 Å². The van der Waals surface area contributed by atoms with Gasteiger partial charge in [0.1, 0.15) is 0 Å². The number of carbonyl (C=O) groups is 1. The molecule has 122 valence electrons. The van der Waals surface area contributed by atoms with Gasteiger partial charge < -0.3 is 10.2 Å². The summed E-state index contributed by atoms with van der Waals surface area (Å²) in [5.74, 6) is 1.04. The Morgan fingerprint density at radius 3 is 2.67 bits per heavy atom. The molecule has 1 aliphatic heterocycles. The lowest BCUT2D eigenvalue weighted by Crippen LogP contribution is -2.39. The highest BCUT2D eigenvalue weighted by molar-refractivity contribution is 5.92. The zero-order valence-corrected chi connectivity index (χ0v) is 13.6. The second-order valence-corrected chi connectivity index (χ2v) is 6.12. The van der Waals surface area contributed by atoms with Crippen LogP contribution in [0.1, 0.15) is 35.8 Å². The number of likely N-dealkylation sites (tertiary alicyclic amines) is 1. The Morgan fingerprint density at radius 1 is 1.25 bits per heavy atom. The summed E-state index contributed by atoms with van der Waals surface area (Å²) in [7, 11) is 0. The normalized spacial score (nSPS) is 17.2. The third-order valence-corrected chi connectivity index (χ3v) is 4.11. The molecule has 1 aliphatic rings. The van der Waals surface area contributed by atoms with Gasteiger partial charge in [-0.05, 0) is 55.2 Å². The highest BCUT2D eigenvalue weighted by atomic mass is 16.2. The third kappa shape index (κ3) is 3.69. The van der Waals surface area contributed by atoms with Gasteiger partial charge in [-0.1, -0.05) is 6.92 Å². The number of anilines is 2. The highest BCUT2D eigenvalue weighted by Crippen LogP contribution is 2.18. The summed E-state index contributed by atoms with van der Waals surface area (Å²) in [5, 5.41) is 20.0. The quantitative estimate of drug-likeness (QED) is 0.940. The molecule has 1 fully saturated rings. The first-order valence-corrected chi connectivity index (χ1v) is 8.06. The van der Waals surface area contributed by atoms with E-state index in [1.54, 1.807) is 36.4 Å². The number of piperidine rings is 1. The number of hydrogen-bond acceptors (Lipinski definition) is 5. The van der Waals surface area contributed by atoms with Gasteiger partial charge >= 0.3 is 0 Å². The predicted octanol–water partition coefficient (Wildman–Crippen LogP) is 2.96. The predicted molar refractivity (Wildman–Crippen MR) is 90.8 cm³/mol.